The number of halogens is 1. The van der Waals surface area contributed by atoms with Gasteiger partial charge in [0.2, 0.25) is 0 Å². The van der Waals surface area contributed by atoms with Crippen molar-refractivity contribution in [2.45, 2.75) is 96.9 Å². The van der Waals surface area contributed by atoms with Crippen molar-refractivity contribution in [3.8, 4) is 0 Å². The van der Waals surface area contributed by atoms with E-state index >= 15 is 0 Å². The van der Waals surface area contributed by atoms with Gasteiger partial charge >= 0.3 is 5.97 Å². The summed E-state index contributed by atoms with van der Waals surface area (Å²) >= 11 is 6.26. The molecule has 0 bridgehead atoms. The summed E-state index contributed by atoms with van der Waals surface area (Å²) in [5.41, 5.74) is 1.59. The summed E-state index contributed by atoms with van der Waals surface area (Å²) in [6, 6.07) is 3.95. The first-order chi connectivity index (χ1) is 15.4. The number of ether oxygens (including phenoxy) is 1. The highest BCUT2D eigenvalue weighted by atomic mass is 35.5. The van der Waals surface area contributed by atoms with E-state index in [1.54, 1.807) is 0 Å². The number of hydrogen-bond donors (Lipinski definition) is 2. The Morgan fingerprint density at radius 1 is 1.09 bits per heavy atom. The Bertz CT molecular complexity index is 960. The van der Waals surface area contributed by atoms with Gasteiger partial charge in [-0.15, -0.1) is 0 Å². The number of hydrogen-bond acceptors (Lipinski definition) is 5. The maximum Gasteiger partial charge on any atom is 0.311 e. The molecule has 9 atom stereocenters. The van der Waals surface area contributed by atoms with E-state index < -0.39 is 17.6 Å². The van der Waals surface area contributed by atoms with E-state index in [1.807, 2.05) is 26.8 Å². The van der Waals surface area contributed by atoms with Crippen LogP contribution in [-0.2, 0) is 21.4 Å². The molecule has 0 amide bonds. The lowest BCUT2D eigenvalue weighted by atomic mass is 9.43. The van der Waals surface area contributed by atoms with E-state index in [0.29, 0.717) is 17.5 Å². The van der Waals surface area contributed by atoms with E-state index in [0.717, 1.165) is 37.8 Å². The second-order valence-electron chi connectivity index (χ2n) is 12.7. The quantitative estimate of drug-likeness (QED) is 0.455. The molecule has 182 valence electrons. The number of aliphatic hydroxyl groups is 2. The fourth-order valence-electron chi connectivity index (χ4n) is 8.02. The van der Waals surface area contributed by atoms with Crippen LogP contribution in [0.15, 0.2) is 12.1 Å². The topological polar surface area (TPSA) is 79.7 Å². The SMILES string of the molecule is CC(C)(C)C(=O)O[C@H]1CC[C@@]2(C)[C@H](C1)[C@@H](O)[C@H](O)C1[C@@H]2CC[C@]2(C)c3nc(Cl)ccc3C[C@@H]12. The number of carbonyl (C=O) groups excluding carboxylic acids is 1. The van der Waals surface area contributed by atoms with Crippen molar-refractivity contribution in [1.82, 2.24) is 4.98 Å². The van der Waals surface area contributed by atoms with Gasteiger partial charge in [0.05, 0.1) is 23.3 Å². The van der Waals surface area contributed by atoms with E-state index in [-0.39, 0.29) is 40.7 Å². The van der Waals surface area contributed by atoms with Crippen LogP contribution in [0, 0.1) is 34.5 Å². The van der Waals surface area contributed by atoms with Crippen LogP contribution in [0.2, 0.25) is 5.15 Å². The Labute approximate surface area is 202 Å². The van der Waals surface area contributed by atoms with Gasteiger partial charge < -0.3 is 14.9 Å². The van der Waals surface area contributed by atoms with Crippen molar-refractivity contribution in [1.29, 1.82) is 0 Å². The third-order valence-electron chi connectivity index (χ3n) is 9.91. The number of pyridine rings is 1. The van der Waals surface area contributed by atoms with Gasteiger partial charge in [-0.25, -0.2) is 4.98 Å². The molecule has 5 rings (SSSR count). The molecule has 0 aliphatic heterocycles. The zero-order valence-corrected chi connectivity index (χ0v) is 21.2. The van der Waals surface area contributed by atoms with Gasteiger partial charge in [0.25, 0.3) is 0 Å². The van der Waals surface area contributed by atoms with Gasteiger partial charge in [-0.1, -0.05) is 31.5 Å². The summed E-state index contributed by atoms with van der Waals surface area (Å²) in [4.78, 5) is 17.2. The van der Waals surface area contributed by atoms with Crippen LogP contribution in [0.3, 0.4) is 0 Å². The number of aliphatic hydroxyl groups excluding tert-OH is 2. The smallest absolute Gasteiger partial charge is 0.311 e. The predicted molar refractivity (Wildman–Crippen MR) is 127 cm³/mol. The maximum absolute atomic E-state index is 12.5. The molecule has 0 saturated heterocycles. The number of nitrogens with zero attached hydrogens (tertiary/aromatic N) is 1. The number of carbonyl (C=O) groups is 1. The molecular formula is C27H38ClNO4. The number of aromatic nitrogens is 1. The molecule has 1 heterocycles. The molecule has 0 aromatic carbocycles. The standard InChI is InChI=1S/C27H38ClNO4/c1-25(2,3)24(32)33-15-8-10-26(4)16-9-11-27(5)17(12-14-6-7-19(28)29-23(14)27)20(16)22(31)21(30)18(26)13-15/h6-7,15-18,20-22,30-31H,8-13H2,1-5H3/t15-,16-,17-,18+,20?,21+,22+,26+,27-/m0/s1. The summed E-state index contributed by atoms with van der Waals surface area (Å²) in [5, 5.41) is 23.5. The van der Waals surface area contributed by atoms with Crippen molar-refractivity contribution in [3.05, 3.63) is 28.5 Å². The highest BCUT2D eigenvalue weighted by Crippen LogP contribution is 2.65. The van der Waals surface area contributed by atoms with Crippen LogP contribution in [0.1, 0.15) is 78.0 Å². The van der Waals surface area contributed by atoms with Gasteiger partial charge in [-0.3, -0.25) is 4.79 Å². The molecule has 1 aromatic heterocycles. The van der Waals surface area contributed by atoms with E-state index in [9.17, 15) is 15.0 Å². The van der Waals surface area contributed by atoms with Gasteiger partial charge in [-0.05, 0) is 100 Å². The molecule has 6 heteroatoms. The minimum Gasteiger partial charge on any atom is -0.462 e. The van der Waals surface area contributed by atoms with Crippen molar-refractivity contribution in [2.75, 3.05) is 0 Å². The third kappa shape index (κ3) is 3.48. The minimum absolute atomic E-state index is 0.0293. The lowest BCUT2D eigenvalue weighted by molar-refractivity contribution is -0.219. The van der Waals surface area contributed by atoms with Gasteiger partial charge in [0, 0.05) is 5.41 Å². The van der Waals surface area contributed by atoms with Gasteiger partial charge in [0.15, 0.2) is 0 Å². The number of fused-ring (bicyclic) bond motifs is 7. The Balaban J connectivity index is 1.42. The normalized spacial score (nSPS) is 44.3. The number of esters is 1. The van der Waals surface area contributed by atoms with Crippen molar-refractivity contribution in [3.63, 3.8) is 0 Å². The van der Waals surface area contributed by atoms with E-state index in [4.69, 9.17) is 21.3 Å². The third-order valence-corrected chi connectivity index (χ3v) is 10.1. The molecule has 1 unspecified atom stereocenters. The highest BCUT2D eigenvalue weighted by Gasteiger charge is 2.64. The second kappa shape index (κ2) is 7.66. The lowest BCUT2D eigenvalue weighted by Crippen LogP contribution is -2.64. The first-order valence-corrected chi connectivity index (χ1v) is 13.0. The van der Waals surface area contributed by atoms with Crippen molar-refractivity contribution < 1.29 is 19.7 Å². The maximum atomic E-state index is 12.5. The van der Waals surface area contributed by atoms with Crippen molar-refractivity contribution >= 4 is 17.6 Å². The van der Waals surface area contributed by atoms with Crippen LogP contribution < -0.4 is 0 Å². The molecule has 4 aliphatic carbocycles. The Kier molecular flexibility index (Phi) is 5.47. The molecule has 0 radical (unpaired) electrons. The fourth-order valence-corrected chi connectivity index (χ4v) is 8.17. The van der Waals surface area contributed by atoms with E-state index in [1.165, 1.54) is 5.56 Å². The molecule has 2 N–H and O–H groups in total. The summed E-state index contributed by atoms with van der Waals surface area (Å²) in [6.45, 7) is 10.2. The molecular weight excluding hydrogens is 438 g/mol. The molecule has 3 fully saturated rings. The predicted octanol–water partition coefficient (Wildman–Crippen LogP) is 4.69. The van der Waals surface area contributed by atoms with Gasteiger partial charge in [-0.2, -0.15) is 0 Å². The summed E-state index contributed by atoms with van der Waals surface area (Å²) < 4.78 is 5.86. The lowest BCUT2D eigenvalue weighted by Gasteiger charge is -2.63. The molecule has 5 nitrogen and oxygen atoms in total. The average molecular weight is 476 g/mol. The molecule has 1 aromatic rings. The van der Waals surface area contributed by atoms with E-state index in [2.05, 4.69) is 19.9 Å². The summed E-state index contributed by atoms with van der Waals surface area (Å²) in [5.74, 6) is 0.352. The van der Waals surface area contributed by atoms with Crippen LogP contribution in [0.5, 0.6) is 0 Å². The summed E-state index contributed by atoms with van der Waals surface area (Å²) in [6.07, 6.45) is 3.48. The monoisotopic (exact) mass is 475 g/mol. The van der Waals surface area contributed by atoms with Gasteiger partial charge in [0.1, 0.15) is 11.3 Å². The fraction of sp³-hybridized carbons (Fsp3) is 0.778. The van der Waals surface area contributed by atoms with Crippen LogP contribution in [-0.4, -0.2) is 39.5 Å². The first kappa shape index (κ1) is 23.6. The summed E-state index contributed by atoms with van der Waals surface area (Å²) in [7, 11) is 0. The largest absolute Gasteiger partial charge is 0.462 e. The Morgan fingerprint density at radius 2 is 1.82 bits per heavy atom. The van der Waals surface area contributed by atoms with Crippen LogP contribution >= 0.6 is 11.6 Å². The zero-order chi connectivity index (χ0) is 23.9. The Hall–Kier alpha value is -1.17. The van der Waals surface area contributed by atoms with Crippen LogP contribution in [0.25, 0.3) is 0 Å². The Morgan fingerprint density at radius 3 is 2.52 bits per heavy atom. The molecule has 4 aliphatic rings. The second-order valence-corrected chi connectivity index (χ2v) is 13.1. The average Bonchev–Trinajstić information content (AvgIpc) is 3.04. The number of rotatable bonds is 1. The minimum atomic E-state index is -0.810. The zero-order valence-electron chi connectivity index (χ0n) is 20.5. The van der Waals surface area contributed by atoms with Crippen LogP contribution in [0.4, 0.5) is 0 Å². The molecule has 33 heavy (non-hydrogen) atoms. The molecule has 3 saturated carbocycles. The first-order valence-electron chi connectivity index (χ1n) is 12.6. The van der Waals surface area contributed by atoms with Crippen molar-refractivity contribution in [2.24, 2.45) is 34.5 Å². The molecule has 0 spiro atoms. The highest BCUT2D eigenvalue weighted by molar-refractivity contribution is 6.29.